The fourth-order valence-corrected chi connectivity index (χ4v) is 2.70. The lowest BCUT2D eigenvalue weighted by atomic mass is 10.2. The zero-order valence-electron chi connectivity index (χ0n) is 12.7. The maximum Gasteiger partial charge on any atom is 0.191 e. The van der Waals surface area contributed by atoms with Crippen molar-refractivity contribution in [2.45, 2.75) is 26.9 Å². The van der Waals surface area contributed by atoms with Crippen LogP contribution in [0.15, 0.2) is 40.7 Å². The molecular formula is C16H21FIN3S. The van der Waals surface area contributed by atoms with Crippen molar-refractivity contribution in [2.24, 2.45) is 4.99 Å². The SMILES string of the molecule is CCNC(=NCc1ccc(F)cc1)NCc1sccc1C.I. The van der Waals surface area contributed by atoms with E-state index in [-0.39, 0.29) is 29.8 Å². The summed E-state index contributed by atoms with van der Waals surface area (Å²) in [6, 6.07) is 8.54. The van der Waals surface area contributed by atoms with Crippen molar-refractivity contribution in [3.8, 4) is 0 Å². The number of halogens is 2. The van der Waals surface area contributed by atoms with Crippen molar-refractivity contribution in [1.29, 1.82) is 0 Å². The van der Waals surface area contributed by atoms with Crippen LogP contribution in [0.4, 0.5) is 4.39 Å². The number of aryl methyl sites for hydroxylation is 1. The van der Waals surface area contributed by atoms with Crippen LogP contribution in [0, 0.1) is 12.7 Å². The molecule has 120 valence electrons. The summed E-state index contributed by atoms with van der Waals surface area (Å²) in [5, 5.41) is 8.63. The van der Waals surface area contributed by atoms with Crippen molar-refractivity contribution in [3.63, 3.8) is 0 Å². The van der Waals surface area contributed by atoms with Gasteiger partial charge in [0.25, 0.3) is 0 Å². The molecule has 1 aromatic carbocycles. The normalized spacial score (nSPS) is 11.0. The number of thiophene rings is 1. The van der Waals surface area contributed by atoms with Crippen LogP contribution >= 0.6 is 35.3 Å². The average molecular weight is 433 g/mol. The zero-order valence-corrected chi connectivity index (χ0v) is 15.9. The predicted octanol–water partition coefficient (Wildman–Crippen LogP) is 4.07. The lowest BCUT2D eigenvalue weighted by Gasteiger charge is -2.11. The minimum absolute atomic E-state index is 0. The van der Waals surface area contributed by atoms with E-state index in [1.54, 1.807) is 23.5 Å². The lowest BCUT2D eigenvalue weighted by Crippen LogP contribution is -2.36. The molecule has 1 aromatic heterocycles. The van der Waals surface area contributed by atoms with Gasteiger partial charge in [0.2, 0.25) is 0 Å². The molecule has 0 aliphatic heterocycles. The second-order valence-corrected chi connectivity index (χ2v) is 5.70. The maximum atomic E-state index is 12.9. The smallest absolute Gasteiger partial charge is 0.191 e. The Kier molecular flexibility index (Phi) is 8.40. The number of aliphatic imine (C=N–C) groups is 1. The average Bonchev–Trinajstić information content (AvgIpc) is 2.89. The highest BCUT2D eigenvalue weighted by Gasteiger charge is 2.02. The number of hydrogen-bond donors (Lipinski definition) is 2. The minimum atomic E-state index is -0.221. The van der Waals surface area contributed by atoms with Gasteiger partial charge in [-0.15, -0.1) is 35.3 Å². The number of guanidine groups is 1. The maximum absolute atomic E-state index is 12.9. The third-order valence-corrected chi connectivity index (χ3v) is 4.08. The number of nitrogens with zero attached hydrogens (tertiary/aromatic N) is 1. The quantitative estimate of drug-likeness (QED) is 0.424. The predicted molar refractivity (Wildman–Crippen MR) is 103 cm³/mol. The van der Waals surface area contributed by atoms with E-state index >= 15 is 0 Å². The molecule has 0 aliphatic rings. The summed E-state index contributed by atoms with van der Waals surface area (Å²) in [4.78, 5) is 5.83. The fourth-order valence-electron chi connectivity index (χ4n) is 1.85. The molecule has 3 nitrogen and oxygen atoms in total. The molecule has 1 heterocycles. The first-order valence-corrected chi connectivity index (χ1v) is 7.86. The van der Waals surface area contributed by atoms with Gasteiger partial charge in [-0.25, -0.2) is 9.38 Å². The zero-order chi connectivity index (χ0) is 15.1. The van der Waals surface area contributed by atoms with E-state index in [9.17, 15) is 4.39 Å². The Morgan fingerprint density at radius 2 is 1.91 bits per heavy atom. The van der Waals surface area contributed by atoms with E-state index in [1.165, 1.54) is 22.6 Å². The molecule has 0 bridgehead atoms. The van der Waals surface area contributed by atoms with Crippen molar-refractivity contribution in [2.75, 3.05) is 6.54 Å². The summed E-state index contributed by atoms with van der Waals surface area (Å²) >= 11 is 1.74. The van der Waals surface area contributed by atoms with E-state index in [4.69, 9.17) is 0 Å². The first kappa shape index (κ1) is 18.9. The monoisotopic (exact) mass is 433 g/mol. The Bertz CT molecular complexity index is 596. The summed E-state index contributed by atoms with van der Waals surface area (Å²) in [5.41, 5.74) is 2.28. The van der Waals surface area contributed by atoms with E-state index in [1.807, 2.05) is 6.92 Å². The van der Waals surface area contributed by atoms with Crippen LogP contribution in [0.25, 0.3) is 0 Å². The van der Waals surface area contributed by atoms with Crippen molar-refractivity contribution < 1.29 is 4.39 Å². The van der Waals surface area contributed by atoms with Crippen LogP contribution in [0.2, 0.25) is 0 Å². The lowest BCUT2D eigenvalue weighted by molar-refractivity contribution is 0.627. The molecule has 0 unspecified atom stereocenters. The highest BCUT2D eigenvalue weighted by Crippen LogP contribution is 2.14. The van der Waals surface area contributed by atoms with Gasteiger partial charge >= 0.3 is 0 Å². The molecular weight excluding hydrogens is 412 g/mol. The van der Waals surface area contributed by atoms with Crippen molar-refractivity contribution >= 4 is 41.3 Å². The van der Waals surface area contributed by atoms with Gasteiger partial charge in [0.15, 0.2) is 5.96 Å². The van der Waals surface area contributed by atoms with Crippen LogP contribution in [0.1, 0.15) is 22.9 Å². The summed E-state index contributed by atoms with van der Waals surface area (Å²) in [6.07, 6.45) is 0. The number of hydrogen-bond acceptors (Lipinski definition) is 2. The summed E-state index contributed by atoms with van der Waals surface area (Å²) in [5.74, 6) is 0.551. The molecule has 2 rings (SSSR count). The van der Waals surface area contributed by atoms with Gasteiger partial charge in [-0.1, -0.05) is 12.1 Å². The Hall–Kier alpha value is -1.15. The Morgan fingerprint density at radius 3 is 2.50 bits per heavy atom. The summed E-state index contributed by atoms with van der Waals surface area (Å²) in [6.45, 7) is 6.23. The second kappa shape index (κ2) is 9.78. The number of benzene rings is 1. The highest BCUT2D eigenvalue weighted by atomic mass is 127. The van der Waals surface area contributed by atoms with E-state index < -0.39 is 0 Å². The second-order valence-electron chi connectivity index (χ2n) is 4.70. The first-order chi connectivity index (χ1) is 10.2. The van der Waals surface area contributed by atoms with Crippen LogP contribution in [0.5, 0.6) is 0 Å². The van der Waals surface area contributed by atoms with E-state index in [0.717, 1.165) is 24.6 Å². The molecule has 0 amide bonds. The van der Waals surface area contributed by atoms with Crippen molar-refractivity contribution in [1.82, 2.24) is 10.6 Å². The summed E-state index contributed by atoms with van der Waals surface area (Å²) < 4.78 is 12.9. The standard InChI is InChI=1S/C16H20FN3S.HI/c1-3-18-16(20-11-15-12(2)8-9-21-15)19-10-13-4-6-14(17)7-5-13;/h4-9H,3,10-11H2,1-2H3,(H2,18,19,20);1H. The van der Waals surface area contributed by atoms with E-state index in [0.29, 0.717) is 6.54 Å². The topological polar surface area (TPSA) is 36.4 Å². The molecule has 0 atom stereocenters. The molecule has 2 aromatic rings. The molecule has 22 heavy (non-hydrogen) atoms. The van der Waals surface area contributed by atoms with Gasteiger partial charge < -0.3 is 10.6 Å². The molecule has 2 N–H and O–H groups in total. The minimum Gasteiger partial charge on any atom is -0.357 e. The molecule has 0 saturated heterocycles. The first-order valence-electron chi connectivity index (χ1n) is 6.98. The number of nitrogens with one attached hydrogen (secondary N) is 2. The Labute approximate surface area is 152 Å². The van der Waals surface area contributed by atoms with Crippen LogP contribution in [-0.4, -0.2) is 12.5 Å². The van der Waals surface area contributed by atoms with Gasteiger partial charge in [-0.2, -0.15) is 0 Å². The van der Waals surface area contributed by atoms with Gasteiger partial charge in [0, 0.05) is 11.4 Å². The van der Waals surface area contributed by atoms with Crippen molar-refractivity contribution in [3.05, 3.63) is 57.5 Å². The molecule has 0 spiro atoms. The van der Waals surface area contributed by atoms with Gasteiger partial charge in [-0.05, 0) is 48.6 Å². The molecule has 0 radical (unpaired) electrons. The summed E-state index contributed by atoms with van der Waals surface area (Å²) in [7, 11) is 0. The Balaban J connectivity index is 0.00000242. The van der Waals surface area contributed by atoms with Crippen LogP contribution in [0.3, 0.4) is 0 Å². The molecule has 0 aliphatic carbocycles. The Morgan fingerprint density at radius 1 is 1.18 bits per heavy atom. The van der Waals surface area contributed by atoms with E-state index in [2.05, 4.69) is 34.0 Å². The van der Waals surface area contributed by atoms with Crippen LogP contribution < -0.4 is 10.6 Å². The third-order valence-electron chi connectivity index (χ3n) is 3.06. The molecule has 0 fully saturated rings. The fraction of sp³-hybridized carbons (Fsp3) is 0.312. The van der Waals surface area contributed by atoms with Gasteiger partial charge in [0.05, 0.1) is 13.1 Å². The largest absolute Gasteiger partial charge is 0.357 e. The number of rotatable bonds is 5. The third kappa shape index (κ3) is 5.92. The molecule has 6 heteroatoms. The highest BCUT2D eigenvalue weighted by molar-refractivity contribution is 14.0. The van der Waals surface area contributed by atoms with Crippen LogP contribution in [-0.2, 0) is 13.1 Å². The molecule has 0 saturated carbocycles. The van der Waals surface area contributed by atoms with Gasteiger partial charge in [-0.3, -0.25) is 0 Å². The van der Waals surface area contributed by atoms with Gasteiger partial charge in [0.1, 0.15) is 5.82 Å².